The third kappa shape index (κ3) is 3.61. The van der Waals surface area contributed by atoms with Crippen molar-refractivity contribution in [1.82, 2.24) is 0 Å². The molecule has 0 aromatic heterocycles. The van der Waals surface area contributed by atoms with E-state index in [-0.39, 0.29) is 11.3 Å². The van der Waals surface area contributed by atoms with E-state index in [0.717, 1.165) is 31.3 Å². The molecule has 2 unspecified atom stereocenters. The van der Waals surface area contributed by atoms with Crippen LogP contribution in [0.2, 0.25) is 0 Å². The number of fused-ring (bicyclic) bond motifs is 2. The highest BCUT2D eigenvalue weighted by molar-refractivity contribution is 7.93. The third-order valence-corrected chi connectivity index (χ3v) is 10.7. The topological polar surface area (TPSA) is 43.4 Å². The second-order valence-electron chi connectivity index (χ2n) is 9.52. The highest BCUT2D eigenvalue weighted by Crippen LogP contribution is 2.62. The molecule has 1 saturated heterocycles. The Balaban J connectivity index is 1.94. The lowest BCUT2D eigenvalue weighted by Gasteiger charge is -2.58. The summed E-state index contributed by atoms with van der Waals surface area (Å²) in [5, 5.41) is 0. The molecule has 4 heteroatoms. The molecular formula is C27H36O3S. The molecule has 3 aliphatic rings. The van der Waals surface area contributed by atoms with Crippen LogP contribution in [0, 0.1) is 11.3 Å². The van der Waals surface area contributed by atoms with E-state index in [4.69, 9.17) is 4.74 Å². The quantitative estimate of drug-likeness (QED) is 0.520. The molecule has 0 radical (unpaired) electrons. The van der Waals surface area contributed by atoms with E-state index < -0.39 is 14.6 Å². The van der Waals surface area contributed by atoms with Crippen molar-refractivity contribution in [2.24, 2.45) is 11.3 Å². The molecule has 1 heterocycles. The van der Waals surface area contributed by atoms with Gasteiger partial charge < -0.3 is 4.74 Å². The molecule has 2 saturated carbocycles. The maximum Gasteiger partial charge on any atom is 0.188 e. The summed E-state index contributed by atoms with van der Waals surface area (Å²) < 4.78 is 34.4. The van der Waals surface area contributed by atoms with Crippen molar-refractivity contribution in [3.63, 3.8) is 0 Å². The lowest BCUT2D eigenvalue weighted by molar-refractivity contribution is -0.0264. The molecule has 0 N–H and O–H groups in total. The van der Waals surface area contributed by atoms with Gasteiger partial charge in [-0.15, -0.1) is 0 Å². The summed E-state index contributed by atoms with van der Waals surface area (Å²) in [5.74, 6) is 0.654. The molecule has 1 aliphatic heterocycles. The van der Waals surface area contributed by atoms with Crippen LogP contribution in [0.25, 0.3) is 0 Å². The minimum Gasteiger partial charge on any atom is -0.493 e. The van der Waals surface area contributed by atoms with Gasteiger partial charge in [-0.1, -0.05) is 75.5 Å². The SMILES string of the molecule is C=C/C=C1/OCC2C3(CCCCCCC3)CCCC2(S(=O)(=O)c2ccccc2)/C1=C/C. The second-order valence-corrected chi connectivity index (χ2v) is 11.7. The first-order chi connectivity index (χ1) is 15.0. The summed E-state index contributed by atoms with van der Waals surface area (Å²) in [6, 6.07) is 9.08. The summed E-state index contributed by atoms with van der Waals surface area (Å²) in [6.45, 7) is 6.28. The van der Waals surface area contributed by atoms with Gasteiger partial charge in [-0.05, 0) is 56.2 Å². The summed E-state index contributed by atoms with van der Waals surface area (Å²) in [6.07, 6.45) is 16.7. The van der Waals surface area contributed by atoms with Crippen LogP contribution >= 0.6 is 0 Å². The standard InChI is InChI=1S/C27H36O3S/c1-3-14-24-23(4-2)27(31(28,29)22-15-9-8-10-16-22)20-13-19-26(25(27)21-30-24)17-11-6-5-7-12-18-26/h3-4,8-10,14-16,25H,1,5-7,11-13,17-21H2,2H3/b23-4+,24-14+. The fraction of sp³-hybridized carbons (Fsp3) is 0.556. The zero-order valence-corrected chi connectivity index (χ0v) is 19.6. The largest absolute Gasteiger partial charge is 0.493 e. The van der Waals surface area contributed by atoms with Gasteiger partial charge in [0.2, 0.25) is 0 Å². The van der Waals surface area contributed by atoms with Crippen molar-refractivity contribution >= 4 is 9.84 Å². The van der Waals surface area contributed by atoms with Crippen LogP contribution in [0.5, 0.6) is 0 Å². The molecule has 1 spiro atoms. The molecular weight excluding hydrogens is 404 g/mol. The Labute approximate surface area is 188 Å². The number of hydrogen-bond donors (Lipinski definition) is 0. The number of ether oxygens (including phenoxy) is 1. The maximum absolute atomic E-state index is 14.5. The smallest absolute Gasteiger partial charge is 0.188 e. The molecule has 3 fully saturated rings. The van der Waals surface area contributed by atoms with Gasteiger partial charge in [0.25, 0.3) is 0 Å². The van der Waals surface area contributed by atoms with Crippen molar-refractivity contribution in [3.8, 4) is 0 Å². The highest BCUT2D eigenvalue weighted by atomic mass is 32.2. The molecule has 4 rings (SSSR count). The Morgan fingerprint density at radius 3 is 2.26 bits per heavy atom. The predicted molar refractivity (Wildman–Crippen MR) is 126 cm³/mol. The third-order valence-electron chi connectivity index (χ3n) is 8.09. The second kappa shape index (κ2) is 8.97. The lowest BCUT2D eigenvalue weighted by atomic mass is 9.55. The zero-order valence-electron chi connectivity index (χ0n) is 18.8. The van der Waals surface area contributed by atoms with E-state index in [1.807, 2.05) is 37.3 Å². The van der Waals surface area contributed by atoms with E-state index in [0.29, 0.717) is 23.7 Å². The Kier molecular flexibility index (Phi) is 6.48. The van der Waals surface area contributed by atoms with E-state index in [1.54, 1.807) is 18.2 Å². The van der Waals surface area contributed by atoms with Gasteiger partial charge in [-0.25, -0.2) is 8.42 Å². The first-order valence-electron chi connectivity index (χ1n) is 11.9. The van der Waals surface area contributed by atoms with E-state index in [2.05, 4.69) is 6.58 Å². The zero-order chi connectivity index (χ0) is 22.0. The molecule has 0 bridgehead atoms. The van der Waals surface area contributed by atoms with Crippen molar-refractivity contribution < 1.29 is 13.2 Å². The summed E-state index contributed by atoms with van der Waals surface area (Å²) >= 11 is 0. The van der Waals surface area contributed by atoms with Crippen LogP contribution in [0.15, 0.2) is 71.4 Å². The summed E-state index contributed by atoms with van der Waals surface area (Å²) in [4.78, 5) is 0.432. The average molecular weight is 441 g/mol. The highest BCUT2D eigenvalue weighted by Gasteiger charge is 2.64. The molecule has 0 amide bonds. The van der Waals surface area contributed by atoms with E-state index >= 15 is 0 Å². The van der Waals surface area contributed by atoms with Crippen molar-refractivity contribution in [3.05, 3.63) is 66.5 Å². The summed E-state index contributed by atoms with van der Waals surface area (Å²) in [5.41, 5.74) is 0.878. The fourth-order valence-corrected chi connectivity index (χ4v) is 9.30. The van der Waals surface area contributed by atoms with Gasteiger partial charge in [0.05, 0.1) is 11.5 Å². The average Bonchev–Trinajstić information content (AvgIpc) is 2.77. The maximum atomic E-state index is 14.5. The van der Waals surface area contributed by atoms with Crippen molar-refractivity contribution in [2.75, 3.05) is 6.61 Å². The normalized spacial score (nSPS) is 31.5. The molecule has 31 heavy (non-hydrogen) atoms. The molecule has 168 valence electrons. The Morgan fingerprint density at radius 1 is 0.968 bits per heavy atom. The molecule has 3 nitrogen and oxygen atoms in total. The van der Waals surface area contributed by atoms with E-state index in [9.17, 15) is 8.42 Å². The Bertz CT molecular complexity index is 949. The first-order valence-corrected chi connectivity index (χ1v) is 13.4. The summed E-state index contributed by atoms with van der Waals surface area (Å²) in [7, 11) is -3.62. The van der Waals surface area contributed by atoms with Crippen LogP contribution in [-0.4, -0.2) is 19.8 Å². The van der Waals surface area contributed by atoms with Gasteiger partial charge in [-0.3, -0.25) is 0 Å². The molecule has 2 aliphatic carbocycles. The van der Waals surface area contributed by atoms with Crippen LogP contribution in [-0.2, 0) is 14.6 Å². The van der Waals surface area contributed by atoms with Crippen LogP contribution in [0.4, 0.5) is 0 Å². The lowest BCUT2D eigenvalue weighted by Crippen LogP contribution is -2.61. The number of rotatable bonds is 3. The minimum absolute atomic E-state index is 0.0229. The van der Waals surface area contributed by atoms with E-state index in [1.165, 1.54) is 32.1 Å². The Hall–Kier alpha value is -1.81. The molecule has 1 aromatic rings. The number of sulfone groups is 1. The monoisotopic (exact) mass is 440 g/mol. The fourth-order valence-electron chi connectivity index (χ4n) is 6.76. The number of benzene rings is 1. The van der Waals surface area contributed by atoms with Gasteiger partial charge in [0.1, 0.15) is 10.5 Å². The first kappa shape index (κ1) is 22.4. The number of hydrogen-bond acceptors (Lipinski definition) is 3. The minimum atomic E-state index is -3.62. The van der Waals surface area contributed by atoms with Crippen LogP contribution in [0.3, 0.4) is 0 Å². The molecule has 1 aromatic carbocycles. The van der Waals surface area contributed by atoms with Crippen LogP contribution in [0.1, 0.15) is 71.1 Å². The number of allylic oxidation sites excluding steroid dienone is 4. The molecule has 2 atom stereocenters. The van der Waals surface area contributed by atoms with Gasteiger partial charge in [-0.2, -0.15) is 0 Å². The van der Waals surface area contributed by atoms with Crippen LogP contribution < -0.4 is 0 Å². The van der Waals surface area contributed by atoms with Gasteiger partial charge in [0, 0.05) is 11.5 Å². The van der Waals surface area contributed by atoms with Crippen molar-refractivity contribution in [2.45, 2.75) is 80.8 Å². The Morgan fingerprint density at radius 2 is 1.61 bits per heavy atom. The van der Waals surface area contributed by atoms with Gasteiger partial charge in [0.15, 0.2) is 9.84 Å². The predicted octanol–water partition coefficient (Wildman–Crippen LogP) is 6.78. The van der Waals surface area contributed by atoms with Gasteiger partial charge >= 0.3 is 0 Å². The van der Waals surface area contributed by atoms with Crippen molar-refractivity contribution in [1.29, 1.82) is 0 Å².